The number of nitrogens with zero attached hydrogens (tertiary/aromatic N) is 8. The van der Waals surface area contributed by atoms with E-state index < -0.39 is 6.16 Å². The van der Waals surface area contributed by atoms with E-state index in [9.17, 15) is 9.59 Å². The molecule has 0 amide bonds. The molecular formula is C17H17N9O5. The zero-order valence-corrected chi connectivity index (χ0v) is 16.2. The summed E-state index contributed by atoms with van der Waals surface area (Å²) in [5.41, 5.74) is 0.796. The molecule has 0 fully saturated rings. The Morgan fingerprint density at radius 1 is 1.39 bits per heavy atom. The van der Waals surface area contributed by atoms with Crippen LogP contribution < -0.4 is 21.3 Å². The molecular weight excluding hydrogens is 410 g/mol. The Labute approximate surface area is 172 Å². The Kier molecular flexibility index (Phi) is 4.14. The van der Waals surface area contributed by atoms with Gasteiger partial charge in [0.2, 0.25) is 5.78 Å². The molecule has 3 N–H and O–H groups in total. The lowest BCUT2D eigenvalue weighted by molar-refractivity contribution is 0.144. The van der Waals surface area contributed by atoms with Crippen LogP contribution in [0.3, 0.4) is 0 Å². The smallest absolute Gasteiger partial charge is 0.463 e. The third-order valence-corrected chi connectivity index (χ3v) is 4.87. The van der Waals surface area contributed by atoms with Crippen LogP contribution in [0.2, 0.25) is 0 Å². The van der Waals surface area contributed by atoms with Crippen LogP contribution in [0.5, 0.6) is 5.75 Å². The van der Waals surface area contributed by atoms with E-state index in [2.05, 4.69) is 19.8 Å². The number of aromatic nitrogens is 6. The van der Waals surface area contributed by atoms with E-state index in [0.29, 0.717) is 28.8 Å². The highest BCUT2D eigenvalue weighted by Crippen LogP contribution is 2.26. The number of carbonyl (C=O) groups is 1. The molecule has 14 nitrogen and oxygen atoms in total. The molecule has 0 atom stereocenters. The van der Waals surface area contributed by atoms with Crippen molar-refractivity contribution in [2.75, 3.05) is 11.7 Å². The van der Waals surface area contributed by atoms with Gasteiger partial charge < -0.3 is 14.3 Å². The highest BCUT2D eigenvalue weighted by Gasteiger charge is 2.31. The molecule has 0 aliphatic carbocycles. The topological polar surface area (TPSA) is 163 Å². The maximum Gasteiger partial charge on any atom is 0.511 e. The maximum absolute atomic E-state index is 12.9. The number of hydrazine groups is 1. The first-order chi connectivity index (χ1) is 14.9. The number of rotatable bonds is 5. The molecule has 4 aromatic rings. The second-order valence-corrected chi connectivity index (χ2v) is 6.76. The zero-order valence-electron chi connectivity index (χ0n) is 16.2. The maximum atomic E-state index is 12.9. The highest BCUT2D eigenvalue weighted by atomic mass is 16.7. The SMILES string of the molecule is Cn1c(=O)n(CCn2cc(OC(=O)O)cn2)c2nc3c(n21)C(c1ccco1)=NCN3N. The van der Waals surface area contributed by atoms with Gasteiger partial charge in [0, 0.05) is 7.05 Å². The molecule has 0 spiro atoms. The van der Waals surface area contributed by atoms with Gasteiger partial charge in [0.1, 0.15) is 18.1 Å². The summed E-state index contributed by atoms with van der Waals surface area (Å²) in [5, 5.41) is 14.1. The number of anilines is 1. The third kappa shape index (κ3) is 2.96. The van der Waals surface area contributed by atoms with Crippen LogP contribution in [-0.2, 0) is 20.1 Å². The molecule has 0 bridgehead atoms. The Morgan fingerprint density at radius 3 is 2.97 bits per heavy atom. The van der Waals surface area contributed by atoms with Gasteiger partial charge in [0.15, 0.2) is 17.3 Å². The lowest BCUT2D eigenvalue weighted by atomic mass is 10.2. The first kappa shape index (κ1) is 18.7. The Balaban J connectivity index is 1.54. The monoisotopic (exact) mass is 427 g/mol. The van der Waals surface area contributed by atoms with Crippen LogP contribution in [0.15, 0.2) is 45.0 Å². The first-order valence-corrected chi connectivity index (χ1v) is 9.16. The van der Waals surface area contributed by atoms with Gasteiger partial charge in [-0.05, 0) is 12.1 Å². The van der Waals surface area contributed by atoms with E-state index in [1.54, 1.807) is 30.0 Å². The molecule has 14 heteroatoms. The molecule has 1 aliphatic rings. The number of fused-ring (bicyclic) bond motifs is 3. The minimum Gasteiger partial charge on any atom is -0.463 e. The largest absolute Gasteiger partial charge is 0.511 e. The number of nitrogens with two attached hydrogens (primary N) is 1. The normalized spacial score (nSPS) is 13.5. The van der Waals surface area contributed by atoms with E-state index in [0.717, 1.165) is 0 Å². The number of imidazole rings is 1. The predicted octanol–water partition coefficient (Wildman–Crippen LogP) is -0.130. The first-order valence-electron chi connectivity index (χ1n) is 9.16. The Bertz CT molecular complexity index is 1370. The van der Waals surface area contributed by atoms with Gasteiger partial charge in [-0.1, -0.05) is 0 Å². The van der Waals surface area contributed by atoms with E-state index >= 15 is 0 Å². The van der Waals surface area contributed by atoms with Crippen molar-refractivity contribution in [3.63, 3.8) is 0 Å². The van der Waals surface area contributed by atoms with Crippen molar-refractivity contribution < 1.29 is 19.1 Å². The van der Waals surface area contributed by atoms with E-state index in [1.807, 2.05) is 0 Å². The van der Waals surface area contributed by atoms with Crippen molar-refractivity contribution >= 4 is 23.5 Å². The van der Waals surface area contributed by atoms with Crippen molar-refractivity contribution in [1.29, 1.82) is 0 Å². The van der Waals surface area contributed by atoms with Crippen LogP contribution in [0.25, 0.3) is 5.78 Å². The molecule has 0 aromatic carbocycles. The fourth-order valence-electron chi connectivity index (χ4n) is 3.52. The summed E-state index contributed by atoms with van der Waals surface area (Å²) in [6.45, 7) is 0.702. The van der Waals surface area contributed by atoms with Crippen LogP contribution in [0.1, 0.15) is 11.5 Å². The number of aliphatic imine (C=N–C) groups is 1. The zero-order chi connectivity index (χ0) is 21.7. The summed E-state index contributed by atoms with van der Waals surface area (Å²) in [7, 11) is 1.62. The molecule has 5 heterocycles. The van der Waals surface area contributed by atoms with Crippen LogP contribution >= 0.6 is 0 Å². The number of aryl methyl sites for hydroxylation is 3. The highest BCUT2D eigenvalue weighted by molar-refractivity contribution is 6.14. The minimum absolute atomic E-state index is 0.0902. The summed E-state index contributed by atoms with van der Waals surface area (Å²) < 4.78 is 16.1. The molecule has 1 aliphatic heterocycles. The van der Waals surface area contributed by atoms with Crippen LogP contribution in [-0.4, -0.2) is 52.2 Å². The van der Waals surface area contributed by atoms with Gasteiger partial charge in [-0.25, -0.2) is 24.6 Å². The van der Waals surface area contributed by atoms with Crippen molar-refractivity contribution in [2.24, 2.45) is 17.9 Å². The Hall–Kier alpha value is -4.33. The molecule has 0 saturated heterocycles. The molecule has 0 saturated carbocycles. The predicted molar refractivity (Wildman–Crippen MR) is 105 cm³/mol. The quantitative estimate of drug-likeness (QED) is 0.326. The lowest BCUT2D eigenvalue weighted by Crippen LogP contribution is -2.37. The summed E-state index contributed by atoms with van der Waals surface area (Å²) >= 11 is 0. The van der Waals surface area contributed by atoms with Crippen molar-refractivity contribution in [2.45, 2.75) is 13.1 Å². The number of furan rings is 1. The molecule has 0 radical (unpaired) electrons. The van der Waals surface area contributed by atoms with E-state index in [1.165, 1.54) is 31.3 Å². The standard InChI is InChI=1S/C17H17N9O5/c1-22-16(27)24(5-4-23-8-10(7-20-23)31-17(28)29)15-21-14-13(26(15)22)12(19-9-25(14)18)11-3-2-6-30-11/h2-3,6-8H,4-5,9,18H2,1H3,(H,28,29). The van der Waals surface area contributed by atoms with Gasteiger partial charge in [0.05, 0.1) is 31.7 Å². The number of ether oxygens (including phenoxy) is 1. The Morgan fingerprint density at radius 2 is 2.23 bits per heavy atom. The summed E-state index contributed by atoms with van der Waals surface area (Å²) in [6, 6.07) is 3.53. The fraction of sp³-hybridized carbons (Fsp3) is 0.235. The van der Waals surface area contributed by atoms with Crippen molar-refractivity contribution in [3.05, 3.63) is 52.7 Å². The average Bonchev–Trinajstić information content (AvgIpc) is 3.50. The molecule has 31 heavy (non-hydrogen) atoms. The van der Waals surface area contributed by atoms with Gasteiger partial charge in [0.25, 0.3) is 0 Å². The van der Waals surface area contributed by atoms with E-state index in [4.69, 9.17) is 15.4 Å². The molecule has 4 aromatic heterocycles. The number of carboxylic acid groups (broad SMARTS) is 1. The van der Waals surface area contributed by atoms with Crippen LogP contribution in [0, 0.1) is 0 Å². The van der Waals surface area contributed by atoms with Gasteiger partial charge >= 0.3 is 11.8 Å². The fourth-order valence-corrected chi connectivity index (χ4v) is 3.52. The molecule has 5 rings (SSSR count). The molecule has 160 valence electrons. The summed E-state index contributed by atoms with van der Waals surface area (Å²) in [6.07, 6.45) is 2.83. The number of hydrogen-bond acceptors (Lipinski definition) is 9. The van der Waals surface area contributed by atoms with Gasteiger partial charge in [-0.3, -0.25) is 19.3 Å². The average molecular weight is 427 g/mol. The third-order valence-electron chi connectivity index (χ3n) is 4.87. The van der Waals surface area contributed by atoms with Gasteiger partial charge in [-0.2, -0.15) is 10.1 Å². The van der Waals surface area contributed by atoms with Crippen molar-refractivity contribution in [3.8, 4) is 5.75 Å². The second kappa shape index (κ2) is 6.88. The summed E-state index contributed by atoms with van der Waals surface area (Å²) in [4.78, 5) is 32.6. The minimum atomic E-state index is -1.43. The second-order valence-electron chi connectivity index (χ2n) is 6.76. The van der Waals surface area contributed by atoms with Gasteiger partial charge in [-0.15, -0.1) is 0 Å². The lowest BCUT2D eigenvalue weighted by Gasteiger charge is -2.20. The van der Waals surface area contributed by atoms with Crippen LogP contribution in [0.4, 0.5) is 10.6 Å². The van der Waals surface area contributed by atoms with E-state index in [-0.39, 0.29) is 31.2 Å². The summed E-state index contributed by atoms with van der Waals surface area (Å²) in [5.74, 6) is 7.56. The van der Waals surface area contributed by atoms with Crippen molar-refractivity contribution in [1.82, 2.24) is 28.5 Å². The number of hydrogen-bond donors (Lipinski definition) is 2. The molecule has 0 unspecified atom stereocenters.